The first-order chi connectivity index (χ1) is 12.7. The molecule has 0 aromatic heterocycles. The fourth-order valence-electron chi connectivity index (χ4n) is 2.29. The number of nitro benzene ring substituents is 1. The number of hydrogen-bond acceptors (Lipinski definition) is 5. The Bertz CT molecular complexity index is 852. The van der Waals surface area contributed by atoms with E-state index in [0.29, 0.717) is 5.71 Å². The summed E-state index contributed by atoms with van der Waals surface area (Å²) in [6.07, 6.45) is 0. The quantitative estimate of drug-likeness (QED) is 0.476. The Balaban J connectivity index is 1.92. The van der Waals surface area contributed by atoms with E-state index >= 15 is 0 Å². The van der Waals surface area contributed by atoms with E-state index in [9.17, 15) is 14.9 Å². The van der Waals surface area contributed by atoms with Gasteiger partial charge in [-0.05, 0) is 29.5 Å². The topological polar surface area (TPSA) is 93.8 Å². The van der Waals surface area contributed by atoms with Gasteiger partial charge in [-0.1, -0.05) is 51.1 Å². The van der Waals surface area contributed by atoms with Gasteiger partial charge in [-0.2, -0.15) is 5.10 Å². The molecule has 27 heavy (non-hydrogen) atoms. The molecule has 2 aromatic carbocycles. The molecule has 0 spiro atoms. The van der Waals surface area contributed by atoms with Crippen LogP contribution in [0.4, 0.5) is 5.69 Å². The largest absolute Gasteiger partial charge is 0.483 e. The zero-order chi connectivity index (χ0) is 20.0. The Hall–Kier alpha value is -3.22. The lowest BCUT2D eigenvalue weighted by Gasteiger charge is -2.19. The van der Waals surface area contributed by atoms with E-state index in [2.05, 4.69) is 31.3 Å². The normalized spacial score (nSPS) is 11.8. The molecule has 2 rings (SSSR count). The third-order valence-electron chi connectivity index (χ3n) is 3.92. The number of carbonyl (C=O) groups excluding carboxylic acids is 1. The highest BCUT2D eigenvalue weighted by atomic mass is 16.6. The van der Waals surface area contributed by atoms with Gasteiger partial charge in [0.2, 0.25) is 0 Å². The smallest absolute Gasteiger partial charge is 0.277 e. The van der Waals surface area contributed by atoms with Crippen molar-refractivity contribution in [3.63, 3.8) is 0 Å². The number of rotatable bonds is 6. The van der Waals surface area contributed by atoms with Gasteiger partial charge in [0, 0.05) is 6.07 Å². The van der Waals surface area contributed by atoms with Crippen molar-refractivity contribution in [1.82, 2.24) is 5.43 Å². The van der Waals surface area contributed by atoms with Crippen LogP contribution in [-0.2, 0) is 10.2 Å². The van der Waals surface area contributed by atoms with E-state index in [4.69, 9.17) is 4.74 Å². The molecule has 0 aliphatic rings. The van der Waals surface area contributed by atoms with Crippen molar-refractivity contribution in [1.29, 1.82) is 0 Å². The average molecular weight is 369 g/mol. The van der Waals surface area contributed by atoms with E-state index < -0.39 is 10.8 Å². The molecule has 0 saturated heterocycles. The molecule has 0 aliphatic heterocycles. The molecular weight excluding hydrogens is 346 g/mol. The summed E-state index contributed by atoms with van der Waals surface area (Å²) in [5.41, 5.74) is 5.19. The Morgan fingerprint density at radius 3 is 2.44 bits per heavy atom. The summed E-state index contributed by atoms with van der Waals surface area (Å²) in [7, 11) is 0. The maximum atomic E-state index is 11.9. The van der Waals surface area contributed by atoms with Gasteiger partial charge in [-0.25, -0.2) is 5.43 Å². The molecule has 0 bridgehead atoms. The first kappa shape index (κ1) is 20.1. The molecule has 0 saturated carbocycles. The summed E-state index contributed by atoms with van der Waals surface area (Å²) in [5, 5.41) is 14.8. The predicted molar refractivity (Wildman–Crippen MR) is 104 cm³/mol. The summed E-state index contributed by atoms with van der Waals surface area (Å²) in [6.45, 7) is 7.94. The monoisotopic (exact) mass is 369 g/mol. The van der Waals surface area contributed by atoms with Gasteiger partial charge >= 0.3 is 0 Å². The van der Waals surface area contributed by atoms with Gasteiger partial charge in [0.25, 0.3) is 11.6 Å². The van der Waals surface area contributed by atoms with Gasteiger partial charge in [0.1, 0.15) is 5.75 Å². The minimum Gasteiger partial charge on any atom is -0.483 e. The van der Waals surface area contributed by atoms with Gasteiger partial charge in [0.05, 0.1) is 16.7 Å². The van der Waals surface area contributed by atoms with E-state index in [1.165, 1.54) is 23.8 Å². The molecule has 0 unspecified atom stereocenters. The van der Waals surface area contributed by atoms with Crippen molar-refractivity contribution in [3.8, 4) is 5.75 Å². The summed E-state index contributed by atoms with van der Waals surface area (Å²) >= 11 is 0. The lowest BCUT2D eigenvalue weighted by Crippen LogP contribution is -2.25. The summed E-state index contributed by atoms with van der Waals surface area (Å²) in [5.74, 6) is -0.204. The number of benzene rings is 2. The first-order valence-electron chi connectivity index (χ1n) is 8.48. The van der Waals surface area contributed by atoms with Crippen molar-refractivity contribution in [2.75, 3.05) is 6.61 Å². The lowest BCUT2D eigenvalue weighted by molar-refractivity contribution is -0.384. The zero-order valence-corrected chi connectivity index (χ0v) is 15.9. The number of amides is 1. The summed E-state index contributed by atoms with van der Waals surface area (Å²) < 4.78 is 5.26. The lowest BCUT2D eigenvalue weighted by atomic mass is 9.86. The fraction of sp³-hybridized carbons (Fsp3) is 0.300. The van der Waals surface area contributed by atoms with E-state index in [-0.39, 0.29) is 23.5 Å². The van der Waals surface area contributed by atoms with Gasteiger partial charge in [-0.15, -0.1) is 0 Å². The second-order valence-corrected chi connectivity index (χ2v) is 7.10. The van der Waals surface area contributed by atoms with Crippen LogP contribution in [0, 0.1) is 10.1 Å². The van der Waals surface area contributed by atoms with Gasteiger partial charge in [0.15, 0.2) is 6.61 Å². The standard InChI is InChI=1S/C20H23N3O4/c1-14(15-8-10-16(11-9-15)20(2,3)4)21-22-19(24)13-27-18-7-5-6-17(12-18)23(25)26/h5-12H,13H2,1-4H3,(H,22,24)/b21-14-. The highest BCUT2D eigenvalue weighted by molar-refractivity contribution is 5.99. The molecule has 1 N–H and O–H groups in total. The Morgan fingerprint density at radius 2 is 1.85 bits per heavy atom. The maximum Gasteiger partial charge on any atom is 0.277 e. The number of ether oxygens (including phenoxy) is 1. The van der Waals surface area contributed by atoms with Crippen molar-refractivity contribution in [2.45, 2.75) is 33.1 Å². The Labute approximate surface area is 158 Å². The minimum absolute atomic E-state index is 0.0711. The van der Waals surface area contributed by atoms with Crippen molar-refractivity contribution < 1.29 is 14.5 Å². The van der Waals surface area contributed by atoms with Crippen LogP contribution >= 0.6 is 0 Å². The third kappa shape index (κ3) is 5.91. The number of nitrogens with one attached hydrogen (secondary N) is 1. The highest BCUT2D eigenvalue weighted by Crippen LogP contribution is 2.22. The number of carbonyl (C=O) groups is 1. The molecule has 0 aliphatic carbocycles. The molecule has 1 amide bonds. The third-order valence-corrected chi connectivity index (χ3v) is 3.92. The molecule has 0 radical (unpaired) electrons. The predicted octanol–water partition coefficient (Wildman–Crippen LogP) is 3.81. The maximum absolute atomic E-state index is 11.9. The van der Waals surface area contributed by atoms with Crippen molar-refractivity contribution >= 4 is 17.3 Å². The molecular formula is C20H23N3O4. The van der Waals surface area contributed by atoms with Crippen LogP contribution in [0.1, 0.15) is 38.8 Å². The SMILES string of the molecule is C/C(=N/NC(=O)COc1cccc([N+](=O)[O-])c1)c1ccc(C(C)(C)C)cc1. The number of hydrogen-bond donors (Lipinski definition) is 1. The van der Waals surface area contributed by atoms with Crippen molar-refractivity contribution in [2.24, 2.45) is 5.10 Å². The van der Waals surface area contributed by atoms with Crippen LogP contribution in [-0.4, -0.2) is 23.1 Å². The molecule has 0 fully saturated rings. The van der Waals surface area contributed by atoms with E-state index in [0.717, 1.165) is 5.56 Å². The molecule has 0 atom stereocenters. The fourth-order valence-corrected chi connectivity index (χ4v) is 2.29. The Morgan fingerprint density at radius 1 is 1.19 bits per heavy atom. The highest BCUT2D eigenvalue weighted by Gasteiger charge is 2.13. The van der Waals surface area contributed by atoms with Gasteiger partial charge < -0.3 is 4.74 Å². The molecule has 0 heterocycles. The second kappa shape index (κ2) is 8.44. The van der Waals surface area contributed by atoms with E-state index in [1.807, 2.05) is 24.3 Å². The van der Waals surface area contributed by atoms with Crippen LogP contribution in [0.5, 0.6) is 5.75 Å². The van der Waals surface area contributed by atoms with Crippen molar-refractivity contribution in [3.05, 3.63) is 69.8 Å². The van der Waals surface area contributed by atoms with Crippen LogP contribution in [0.15, 0.2) is 53.6 Å². The molecule has 7 heteroatoms. The first-order valence-corrected chi connectivity index (χ1v) is 8.48. The average Bonchev–Trinajstić information content (AvgIpc) is 2.64. The number of nitro groups is 1. The number of hydrazone groups is 1. The Kier molecular flexibility index (Phi) is 6.28. The van der Waals surface area contributed by atoms with E-state index in [1.54, 1.807) is 13.0 Å². The van der Waals surface area contributed by atoms with Gasteiger partial charge in [-0.3, -0.25) is 14.9 Å². The minimum atomic E-state index is -0.522. The van der Waals surface area contributed by atoms with Crippen LogP contribution in [0.25, 0.3) is 0 Å². The number of nitrogens with zero attached hydrogens (tertiary/aromatic N) is 2. The molecule has 7 nitrogen and oxygen atoms in total. The summed E-state index contributed by atoms with van der Waals surface area (Å²) in [6, 6.07) is 13.7. The van der Waals surface area contributed by atoms with Crippen LogP contribution in [0.3, 0.4) is 0 Å². The summed E-state index contributed by atoms with van der Waals surface area (Å²) in [4.78, 5) is 22.1. The van der Waals surface area contributed by atoms with Crippen LogP contribution in [0.2, 0.25) is 0 Å². The molecule has 2 aromatic rings. The number of non-ortho nitro benzene ring substituents is 1. The molecule has 142 valence electrons. The van der Waals surface area contributed by atoms with Crippen LogP contribution < -0.4 is 10.2 Å². The second-order valence-electron chi connectivity index (χ2n) is 7.10. The zero-order valence-electron chi connectivity index (χ0n) is 15.9.